The number of pyridine rings is 1. The van der Waals surface area contributed by atoms with Crippen LogP contribution in [0.3, 0.4) is 0 Å². The molecular weight excluding hydrogens is 363 g/mol. The summed E-state index contributed by atoms with van der Waals surface area (Å²) < 4.78 is 5.42. The number of benzene rings is 1. The quantitative estimate of drug-likeness (QED) is 0.712. The van der Waals surface area contributed by atoms with Crippen LogP contribution in [0.15, 0.2) is 30.6 Å². The van der Waals surface area contributed by atoms with E-state index in [9.17, 15) is 0 Å². The SMILES string of the molecule is CO.Clc1ccc2c(-c3cn[nH]c3)cc(N3CCOCC3)nc2c1Cl. The van der Waals surface area contributed by atoms with Gasteiger partial charge in [-0.05, 0) is 17.7 Å². The number of aliphatic hydroxyl groups is 1. The number of nitrogens with zero attached hydrogens (tertiary/aromatic N) is 3. The van der Waals surface area contributed by atoms with Gasteiger partial charge in [0.1, 0.15) is 5.82 Å². The van der Waals surface area contributed by atoms with E-state index in [1.807, 2.05) is 12.3 Å². The molecule has 0 bridgehead atoms. The molecule has 3 aromatic rings. The van der Waals surface area contributed by atoms with Gasteiger partial charge in [0.25, 0.3) is 0 Å². The first kappa shape index (κ1) is 17.9. The first-order chi connectivity index (χ1) is 12.2. The van der Waals surface area contributed by atoms with Crippen LogP contribution in [0.25, 0.3) is 22.0 Å². The zero-order valence-corrected chi connectivity index (χ0v) is 15.2. The Kier molecular flexibility index (Phi) is 5.75. The Labute approximate surface area is 155 Å². The Bertz CT molecular complexity index is 849. The highest BCUT2D eigenvalue weighted by Crippen LogP contribution is 2.37. The lowest BCUT2D eigenvalue weighted by Crippen LogP contribution is -2.36. The van der Waals surface area contributed by atoms with Crippen molar-refractivity contribution in [3.05, 3.63) is 40.6 Å². The topological polar surface area (TPSA) is 74.3 Å². The second-order valence-corrected chi connectivity index (χ2v) is 6.16. The summed E-state index contributed by atoms with van der Waals surface area (Å²) in [5, 5.41) is 15.8. The third-order valence-electron chi connectivity index (χ3n) is 4.00. The van der Waals surface area contributed by atoms with Crippen LogP contribution in [-0.2, 0) is 4.74 Å². The van der Waals surface area contributed by atoms with Gasteiger partial charge in [0.15, 0.2) is 0 Å². The molecule has 1 aliphatic rings. The highest BCUT2D eigenvalue weighted by atomic mass is 35.5. The third-order valence-corrected chi connectivity index (χ3v) is 4.80. The minimum atomic E-state index is 0.476. The van der Waals surface area contributed by atoms with E-state index < -0.39 is 0 Å². The predicted molar refractivity (Wildman–Crippen MR) is 101 cm³/mol. The van der Waals surface area contributed by atoms with Gasteiger partial charge in [-0.2, -0.15) is 5.10 Å². The first-order valence-electron chi connectivity index (χ1n) is 7.79. The van der Waals surface area contributed by atoms with Gasteiger partial charge >= 0.3 is 0 Å². The molecule has 25 heavy (non-hydrogen) atoms. The van der Waals surface area contributed by atoms with Crippen molar-refractivity contribution in [1.82, 2.24) is 15.2 Å². The lowest BCUT2D eigenvalue weighted by Gasteiger charge is -2.28. The molecule has 4 rings (SSSR count). The lowest BCUT2D eigenvalue weighted by atomic mass is 10.0. The number of hydrogen-bond donors (Lipinski definition) is 2. The number of H-pyrrole nitrogens is 1. The summed E-state index contributed by atoms with van der Waals surface area (Å²) in [5.41, 5.74) is 2.73. The highest BCUT2D eigenvalue weighted by molar-refractivity contribution is 6.45. The third kappa shape index (κ3) is 3.57. The Morgan fingerprint density at radius 2 is 1.96 bits per heavy atom. The van der Waals surface area contributed by atoms with E-state index in [0.717, 1.165) is 42.5 Å². The molecule has 8 heteroatoms. The molecule has 132 valence electrons. The van der Waals surface area contributed by atoms with Gasteiger partial charge in [0, 0.05) is 37.3 Å². The number of halogens is 2. The molecule has 0 atom stereocenters. The number of hydrogen-bond acceptors (Lipinski definition) is 5. The number of ether oxygens (including phenoxy) is 1. The molecule has 1 aliphatic heterocycles. The number of aromatic amines is 1. The molecule has 0 amide bonds. The second-order valence-electron chi connectivity index (χ2n) is 5.37. The summed E-state index contributed by atoms with van der Waals surface area (Å²) in [5.74, 6) is 0.876. The fraction of sp³-hybridized carbons (Fsp3) is 0.294. The average Bonchev–Trinajstić information content (AvgIpc) is 3.21. The summed E-state index contributed by atoms with van der Waals surface area (Å²) in [6, 6.07) is 5.82. The minimum Gasteiger partial charge on any atom is -0.400 e. The first-order valence-corrected chi connectivity index (χ1v) is 8.55. The van der Waals surface area contributed by atoms with Gasteiger partial charge in [0.2, 0.25) is 0 Å². The molecule has 0 aliphatic carbocycles. The van der Waals surface area contributed by atoms with Crippen LogP contribution in [0, 0.1) is 0 Å². The summed E-state index contributed by atoms with van der Waals surface area (Å²) in [6.07, 6.45) is 3.65. The van der Waals surface area contributed by atoms with Crippen molar-refractivity contribution >= 4 is 39.9 Å². The van der Waals surface area contributed by atoms with E-state index in [0.29, 0.717) is 28.8 Å². The predicted octanol–water partition coefficient (Wildman–Crippen LogP) is 3.38. The number of rotatable bonds is 2. The molecule has 1 fully saturated rings. The number of fused-ring (bicyclic) bond motifs is 1. The Morgan fingerprint density at radius 1 is 1.20 bits per heavy atom. The number of morpholine rings is 1. The maximum Gasteiger partial charge on any atom is 0.130 e. The lowest BCUT2D eigenvalue weighted by molar-refractivity contribution is 0.122. The van der Waals surface area contributed by atoms with E-state index in [-0.39, 0.29) is 0 Å². The summed E-state index contributed by atoms with van der Waals surface area (Å²) in [6.45, 7) is 3.01. The maximum absolute atomic E-state index is 7.00. The van der Waals surface area contributed by atoms with E-state index >= 15 is 0 Å². The fourth-order valence-electron chi connectivity index (χ4n) is 2.81. The van der Waals surface area contributed by atoms with Crippen molar-refractivity contribution in [3.8, 4) is 11.1 Å². The number of nitrogens with one attached hydrogen (secondary N) is 1. The normalized spacial score (nSPS) is 14.3. The van der Waals surface area contributed by atoms with Crippen LogP contribution in [0.4, 0.5) is 5.82 Å². The fourth-order valence-corrected chi connectivity index (χ4v) is 3.17. The average molecular weight is 381 g/mol. The van der Waals surface area contributed by atoms with Crippen molar-refractivity contribution in [2.24, 2.45) is 0 Å². The van der Waals surface area contributed by atoms with Crippen LogP contribution in [0.5, 0.6) is 0 Å². The highest BCUT2D eigenvalue weighted by Gasteiger charge is 2.18. The van der Waals surface area contributed by atoms with Gasteiger partial charge in [-0.25, -0.2) is 4.98 Å². The second kappa shape index (κ2) is 8.01. The van der Waals surface area contributed by atoms with Crippen LogP contribution >= 0.6 is 23.2 Å². The standard InChI is InChI=1S/C16H14Cl2N4O.CH4O/c17-13-2-1-11-12(10-8-19-20-9-10)7-14(21-16(11)15(13)18)22-3-5-23-6-4-22;1-2/h1-2,7-9H,3-6H2,(H,19,20);2H,1H3. The largest absolute Gasteiger partial charge is 0.400 e. The van der Waals surface area contributed by atoms with Gasteiger partial charge in [-0.15, -0.1) is 0 Å². The molecule has 2 N–H and O–H groups in total. The molecule has 6 nitrogen and oxygen atoms in total. The van der Waals surface area contributed by atoms with Crippen LogP contribution < -0.4 is 4.90 Å². The van der Waals surface area contributed by atoms with Crippen LogP contribution in [0.2, 0.25) is 10.0 Å². The van der Waals surface area contributed by atoms with E-state index in [4.69, 9.17) is 38.0 Å². The minimum absolute atomic E-state index is 0.476. The van der Waals surface area contributed by atoms with Gasteiger partial charge < -0.3 is 14.7 Å². The number of aliphatic hydroxyl groups excluding tert-OH is 1. The van der Waals surface area contributed by atoms with Gasteiger partial charge in [-0.3, -0.25) is 5.10 Å². The number of anilines is 1. The zero-order chi connectivity index (χ0) is 17.8. The van der Waals surface area contributed by atoms with Crippen molar-refractivity contribution in [2.75, 3.05) is 38.3 Å². The Hall–Kier alpha value is -1.86. The van der Waals surface area contributed by atoms with Crippen LogP contribution in [-0.4, -0.2) is 53.7 Å². The molecule has 3 heterocycles. The molecule has 2 aromatic heterocycles. The molecule has 1 aromatic carbocycles. The molecule has 0 saturated carbocycles. The van der Waals surface area contributed by atoms with E-state index in [1.165, 1.54) is 0 Å². The number of aromatic nitrogens is 3. The summed E-state index contributed by atoms with van der Waals surface area (Å²) >= 11 is 12.6. The molecule has 0 radical (unpaired) electrons. The van der Waals surface area contributed by atoms with Crippen molar-refractivity contribution in [3.63, 3.8) is 0 Å². The monoisotopic (exact) mass is 380 g/mol. The molecule has 0 spiro atoms. The van der Waals surface area contributed by atoms with Crippen molar-refractivity contribution < 1.29 is 9.84 Å². The van der Waals surface area contributed by atoms with Gasteiger partial charge in [0.05, 0.1) is 35.0 Å². The molecule has 0 unspecified atom stereocenters. The summed E-state index contributed by atoms with van der Waals surface area (Å²) in [7, 11) is 1.00. The molecular formula is C17H18Cl2N4O2. The van der Waals surface area contributed by atoms with E-state index in [2.05, 4.69) is 21.2 Å². The Balaban J connectivity index is 0.000000880. The van der Waals surface area contributed by atoms with Crippen molar-refractivity contribution in [1.29, 1.82) is 0 Å². The molecule has 1 saturated heterocycles. The Morgan fingerprint density at radius 3 is 2.64 bits per heavy atom. The van der Waals surface area contributed by atoms with Gasteiger partial charge in [-0.1, -0.05) is 29.3 Å². The van der Waals surface area contributed by atoms with Crippen molar-refractivity contribution in [2.45, 2.75) is 0 Å². The van der Waals surface area contributed by atoms with Crippen LogP contribution in [0.1, 0.15) is 0 Å². The van der Waals surface area contributed by atoms with E-state index in [1.54, 1.807) is 12.3 Å². The zero-order valence-electron chi connectivity index (χ0n) is 13.7. The smallest absolute Gasteiger partial charge is 0.130 e. The summed E-state index contributed by atoms with van der Waals surface area (Å²) in [4.78, 5) is 6.95. The maximum atomic E-state index is 7.00.